The number of para-hydroxylation sites is 1. The van der Waals surface area contributed by atoms with Crippen LogP contribution in [0.1, 0.15) is 0 Å². The molecule has 1 aromatic heterocycles. The number of ether oxygens (including phenoxy) is 2. The molecule has 0 fully saturated rings. The van der Waals surface area contributed by atoms with Crippen LogP contribution in [0.3, 0.4) is 0 Å². The van der Waals surface area contributed by atoms with Gasteiger partial charge in [-0.15, -0.1) is 0 Å². The molecule has 0 atom stereocenters. The van der Waals surface area contributed by atoms with Crippen LogP contribution in [-0.2, 0) is 0 Å². The van der Waals surface area contributed by atoms with Crippen LogP contribution in [-0.4, -0.2) is 24.2 Å². The number of methoxy groups -OCH3 is 2. The third-order valence-electron chi connectivity index (χ3n) is 3.27. The molecular formula is C16H14BrN3O2. The first kappa shape index (κ1) is 14.6. The lowest BCUT2D eigenvalue weighted by atomic mass is 10.2. The summed E-state index contributed by atoms with van der Waals surface area (Å²) in [6, 6.07) is 11.5. The van der Waals surface area contributed by atoms with Gasteiger partial charge in [0.2, 0.25) is 0 Å². The Labute approximate surface area is 136 Å². The molecule has 6 heteroatoms. The highest BCUT2D eigenvalue weighted by Gasteiger charge is 2.15. The van der Waals surface area contributed by atoms with E-state index in [1.54, 1.807) is 14.2 Å². The number of nitrogens with one attached hydrogen (secondary N) is 1. The molecule has 3 rings (SSSR count). The molecule has 22 heavy (non-hydrogen) atoms. The van der Waals surface area contributed by atoms with Crippen molar-refractivity contribution in [3.63, 3.8) is 0 Å². The summed E-state index contributed by atoms with van der Waals surface area (Å²) < 4.78 is 11.8. The molecule has 0 saturated heterocycles. The van der Waals surface area contributed by atoms with Crippen molar-refractivity contribution in [1.29, 1.82) is 0 Å². The standard InChI is InChI=1S/C16H14BrN3O2/c1-21-13-8-7-12-14(15(13)22-2)16(19-9-18-12)20-11-6-4-3-5-10(11)17/h3-9H,1-2H3,(H,18,19,20). The summed E-state index contributed by atoms with van der Waals surface area (Å²) >= 11 is 3.52. The van der Waals surface area contributed by atoms with Crippen molar-refractivity contribution in [2.75, 3.05) is 19.5 Å². The van der Waals surface area contributed by atoms with E-state index in [2.05, 4.69) is 31.2 Å². The summed E-state index contributed by atoms with van der Waals surface area (Å²) in [5.41, 5.74) is 1.69. The molecule has 0 unspecified atom stereocenters. The van der Waals surface area contributed by atoms with E-state index in [0.717, 1.165) is 21.1 Å². The molecule has 5 nitrogen and oxygen atoms in total. The Morgan fingerprint density at radius 3 is 2.55 bits per heavy atom. The predicted molar refractivity (Wildman–Crippen MR) is 90.1 cm³/mol. The topological polar surface area (TPSA) is 56.3 Å². The number of anilines is 2. The lowest BCUT2D eigenvalue weighted by Crippen LogP contribution is -1.99. The normalized spacial score (nSPS) is 10.5. The molecule has 1 heterocycles. The van der Waals surface area contributed by atoms with Crippen LogP contribution in [0.2, 0.25) is 0 Å². The zero-order valence-electron chi connectivity index (χ0n) is 12.1. The number of rotatable bonds is 4. The molecule has 2 aromatic carbocycles. The van der Waals surface area contributed by atoms with Crippen molar-refractivity contribution in [3.8, 4) is 11.5 Å². The number of fused-ring (bicyclic) bond motifs is 1. The van der Waals surface area contributed by atoms with Crippen LogP contribution >= 0.6 is 15.9 Å². The Morgan fingerprint density at radius 1 is 1.00 bits per heavy atom. The van der Waals surface area contributed by atoms with Crippen LogP contribution in [0.5, 0.6) is 11.5 Å². The van der Waals surface area contributed by atoms with Crippen LogP contribution in [0.15, 0.2) is 47.2 Å². The van der Waals surface area contributed by atoms with Crippen molar-refractivity contribution in [2.24, 2.45) is 0 Å². The highest BCUT2D eigenvalue weighted by Crippen LogP contribution is 2.39. The number of halogens is 1. The minimum atomic E-state index is 0.607. The molecule has 0 aliphatic rings. The molecule has 1 N–H and O–H groups in total. The van der Waals surface area contributed by atoms with Gasteiger partial charge in [0.05, 0.1) is 30.8 Å². The number of aromatic nitrogens is 2. The van der Waals surface area contributed by atoms with E-state index in [1.165, 1.54) is 6.33 Å². The molecule has 3 aromatic rings. The van der Waals surface area contributed by atoms with Crippen LogP contribution in [0, 0.1) is 0 Å². The lowest BCUT2D eigenvalue weighted by molar-refractivity contribution is 0.358. The number of hydrogen-bond acceptors (Lipinski definition) is 5. The molecule has 0 aliphatic heterocycles. The van der Waals surface area contributed by atoms with Crippen molar-refractivity contribution >= 4 is 38.3 Å². The maximum atomic E-state index is 5.50. The third kappa shape index (κ3) is 2.57. The van der Waals surface area contributed by atoms with Gasteiger partial charge in [0, 0.05) is 4.47 Å². The predicted octanol–water partition coefficient (Wildman–Crippen LogP) is 4.15. The molecule has 0 spiro atoms. The Bertz CT molecular complexity index is 824. The summed E-state index contributed by atoms with van der Waals surface area (Å²) in [6.07, 6.45) is 1.52. The fourth-order valence-electron chi connectivity index (χ4n) is 2.25. The van der Waals surface area contributed by atoms with E-state index in [0.29, 0.717) is 17.3 Å². The van der Waals surface area contributed by atoms with E-state index in [1.807, 2.05) is 36.4 Å². The highest BCUT2D eigenvalue weighted by molar-refractivity contribution is 9.10. The van der Waals surface area contributed by atoms with Gasteiger partial charge in [0.1, 0.15) is 12.1 Å². The number of benzene rings is 2. The largest absolute Gasteiger partial charge is 0.493 e. The van der Waals surface area contributed by atoms with Crippen LogP contribution in [0.4, 0.5) is 11.5 Å². The maximum Gasteiger partial charge on any atom is 0.173 e. The zero-order chi connectivity index (χ0) is 15.5. The molecule has 0 saturated carbocycles. The minimum absolute atomic E-state index is 0.607. The average Bonchev–Trinajstić information content (AvgIpc) is 2.56. The average molecular weight is 360 g/mol. The van der Waals surface area contributed by atoms with Crippen molar-refractivity contribution < 1.29 is 9.47 Å². The quantitative estimate of drug-likeness (QED) is 0.757. The van der Waals surface area contributed by atoms with Gasteiger partial charge in [-0.3, -0.25) is 0 Å². The molecule has 0 aliphatic carbocycles. The van der Waals surface area contributed by atoms with Gasteiger partial charge in [-0.1, -0.05) is 12.1 Å². The minimum Gasteiger partial charge on any atom is -0.493 e. The van der Waals surface area contributed by atoms with Gasteiger partial charge in [0.25, 0.3) is 0 Å². The molecular weight excluding hydrogens is 346 g/mol. The van der Waals surface area contributed by atoms with Gasteiger partial charge in [-0.2, -0.15) is 0 Å². The molecule has 0 radical (unpaired) electrons. The van der Waals surface area contributed by atoms with Gasteiger partial charge in [0.15, 0.2) is 11.5 Å². The second-order valence-corrected chi connectivity index (χ2v) is 5.38. The van der Waals surface area contributed by atoms with Crippen molar-refractivity contribution in [3.05, 3.63) is 47.2 Å². The van der Waals surface area contributed by atoms with Gasteiger partial charge in [-0.25, -0.2) is 9.97 Å². The van der Waals surface area contributed by atoms with Crippen molar-refractivity contribution in [1.82, 2.24) is 9.97 Å². The maximum absolute atomic E-state index is 5.50. The van der Waals surface area contributed by atoms with E-state index >= 15 is 0 Å². The first-order valence-electron chi connectivity index (χ1n) is 6.62. The van der Waals surface area contributed by atoms with E-state index in [4.69, 9.17) is 9.47 Å². The molecule has 0 amide bonds. The first-order valence-corrected chi connectivity index (χ1v) is 7.41. The van der Waals surface area contributed by atoms with E-state index in [-0.39, 0.29) is 0 Å². The summed E-state index contributed by atoms with van der Waals surface area (Å²) in [5.74, 6) is 1.91. The fraction of sp³-hybridized carbons (Fsp3) is 0.125. The van der Waals surface area contributed by atoms with E-state index < -0.39 is 0 Å². The SMILES string of the molecule is COc1ccc2ncnc(Nc3ccccc3Br)c2c1OC. The Hall–Kier alpha value is -2.34. The van der Waals surface area contributed by atoms with Crippen LogP contribution in [0.25, 0.3) is 10.9 Å². The fourth-order valence-corrected chi connectivity index (χ4v) is 2.64. The van der Waals surface area contributed by atoms with Gasteiger partial charge >= 0.3 is 0 Å². The zero-order valence-corrected chi connectivity index (χ0v) is 13.7. The van der Waals surface area contributed by atoms with Gasteiger partial charge < -0.3 is 14.8 Å². The molecule has 112 valence electrons. The van der Waals surface area contributed by atoms with Crippen LogP contribution < -0.4 is 14.8 Å². The van der Waals surface area contributed by atoms with Crippen molar-refractivity contribution in [2.45, 2.75) is 0 Å². The smallest absolute Gasteiger partial charge is 0.173 e. The lowest BCUT2D eigenvalue weighted by Gasteiger charge is -2.14. The summed E-state index contributed by atoms with van der Waals surface area (Å²) in [7, 11) is 3.21. The van der Waals surface area contributed by atoms with E-state index in [9.17, 15) is 0 Å². The summed E-state index contributed by atoms with van der Waals surface area (Å²) in [5, 5.41) is 4.09. The summed E-state index contributed by atoms with van der Waals surface area (Å²) in [6.45, 7) is 0. The second-order valence-electron chi connectivity index (χ2n) is 4.52. The number of hydrogen-bond donors (Lipinski definition) is 1. The Morgan fingerprint density at radius 2 is 1.82 bits per heavy atom. The number of nitrogens with zero attached hydrogens (tertiary/aromatic N) is 2. The monoisotopic (exact) mass is 359 g/mol. The Balaban J connectivity index is 2.19. The molecule has 0 bridgehead atoms. The third-order valence-corrected chi connectivity index (χ3v) is 3.96. The Kier molecular flexibility index (Phi) is 4.11. The van der Waals surface area contributed by atoms with Gasteiger partial charge in [-0.05, 0) is 40.2 Å². The summed E-state index contributed by atoms with van der Waals surface area (Å²) in [4.78, 5) is 8.64. The second kappa shape index (κ2) is 6.19. The first-order chi connectivity index (χ1) is 10.7. The highest BCUT2D eigenvalue weighted by atomic mass is 79.9.